The summed E-state index contributed by atoms with van der Waals surface area (Å²) >= 11 is 1.79. The summed E-state index contributed by atoms with van der Waals surface area (Å²) in [6.45, 7) is 0.0210. The van der Waals surface area contributed by atoms with E-state index in [1.54, 1.807) is 11.3 Å². The number of nitrogens with zero attached hydrogens (tertiary/aromatic N) is 2. The minimum Gasteiger partial charge on any atom is -0.392 e. The number of hydrogen-bond acceptors (Lipinski definition) is 5. The van der Waals surface area contributed by atoms with Gasteiger partial charge in [0.1, 0.15) is 0 Å². The Hall–Kier alpha value is -7.02. The topological polar surface area (TPSA) is 46.9 Å². The summed E-state index contributed by atoms with van der Waals surface area (Å²) in [5, 5.41) is 19.4. The maximum Gasteiger partial charge on any atom is 0.0681 e. The second-order valence-electron chi connectivity index (χ2n) is 14.4. The highest BCUT2D eigenvalue weighted by Crippen LogP contribution is 2.41. The molecule has 0 saturated carbocycles. The van der Waals surface area contributed by atoms with Gasteiger partial charge in [0.15, 0.2) is 0 Å². The monoisotopic (exact) mass is 782 g/mol. The van der Waals surface area contributed by atoms with Crippen molar-refractivity contribution >= 4 is 45.5 Å². The summed E-state index contributed by atoms with van der Waals surface area (Å²) < 4.78 is 0. The molecule has 0 fully saturated rings. The zero-order valence-corrected chi connectivity index (χ0v) is 33.2. The number of rotatable bonds is 12. The van der Waals surface area contributed by atoms with Crippen molar-refractivity contribution in [1.29, 1.82) is 0 Å². The fraction of sp³-hybridized carbons (Fsp3) is 0.0370. The molecule has 0 aliphatic carbocycles. The van der Waals surface area contributed by atoms with Gasteiger partial charge in [-0.15, -0.1) is 11.3 Å². The van der Waals surface area contributed by atoms with Gasteiger partial charge in [-0.3, -0.25) is 0 Å². The molecule has 0 atom stereocenters. The number of aliphatic hydroxyl groups excluding tert-OH is 2. The average molecular weight is 783 g/mol. The van der Waals surface area contributed by atoms with Crippen LogP contribution in [0.5, 0.6) is 0 Å². The zero-order valence-electron chi connectivity index (χ0n) is 32.4. The van der Waals surface area contributed by atoms with Crippen molar-refractivity contribution in [2.75, 3.05) is 9.80 Å². The third kappa shape index (κ3) is 8.22. The van der Waals surface area contributed by atoms with Crippen molar-refractivity contribution in [1.82, 2.24) is 0 Å². The molecule has 0 amide bonds. The quantitative estimate of drug-likeness (QED) is 0.130. The fourth-order valence-corrected chi connectivity index (χ4v) is 8.48. The molecule has 59 heavy (non-hydrogen) atoms. The van der Waals surface area contributed by atoms with Gasteiger partial charge < -0.3 is 20.0 Å². The van der Waals surface area contributed by atoms with Crippen LogP contribution in [0.2, 0.25) is 0 Å². The van der Waals surface area contributed by atoms with Gasteiger partial charge >= 0.3 is 0 Å². The van der Waals surface area contributed by atoms with Crippen LogP contribution in [0.4, 0.5) is 34.1 Å². The largest absolute Gasteiger partial charge is 0.392 e. The van der Waals surface area contributed by atoms with Gasteiger partial charge in [0.2, 0.25) is 0 Å². The molecule has 286 valence electrons. The van der Waals surface area contributed by atoms with Gasteiger partial charge in [-0.2, -0.15) is 0 Å². The molecule has 4 nitrogen and oxygen atoms in total. The average Bonchev–Trinajstić information content (AvgIpc) is 3.82. The molecule has 0 unspecified atom stereocenters. The van der Waals surface area contributed by atoms with E-state index < -0.39 is 0 Å². The first kappa shape index (κ1) is 37.6. The molecule has 0 radical (unpaired) electrons. The van der Waals surface area contributed by atoms with Crippen LogP contribution >= 0.6 is 11.3 Å². The van der Waals surface area contributed by atoms with Crippen molar-refractivity contribution in [3.05, 3.63) is 230 Å². The highest BCUT2D eigenvalue weighted by molar-refractivity contribution is 7.18. The summed E-state index contributed by atoms with van der Waals surface area (Å²) in [4.78, 5) is 6.91. The molecule has 5 heteroatoms. The summed E-state index contributed by atoms with van der Waals surface area (Å²) in [6, 6.07) is 76.3. The lowest BCUT2D eigenvalue weighted by atomic mass is 10.0. The minimum atomic E-state index is 0.0105. The van der Waals surface area contributed by atoms with Crippen molar-refractivity contribution in [3.8, 4) is 43.1 Å². The smallest absolute Gasteiger partial charge is 0.0681 e. The second kappa shape index (κ2) is 17.2. The maximum absolute atomic E-state index is 9.71. The summed E-state index contributed by atoms with van der Waals surface area (Å²) in [5.41, 5.74) is 15.1. The van der Waals surface area contributed by atoms with E-state index in [-0.39, 0.29) is 13.2 Å². The lowest BCUT2D eigenvalue weighted by Gasteiger charge is -2.26. The maximum atomic E-state index is 9.71. The predicted molar refractivity (Wildman–Crippen MR) is 247 cm³/mol. The van der Waals surface area contributed by atoms with E-state index in [4.69, 9.17) is 0 Å². The lowest BCUT2D eigenvalue weighted by molar-refractivity contribution is 0.281. The van der Waals surface area contributed by atoms with Crippen LogP contribution in [0.3, 0.4) is 0 Å². The molecular weight excluding hydrogens is 741 g/mol. The SMILES string of the molecule is OCc1ccc(N(c2ccc(-c3ccccc3)cc2)c2ccc(-c3ccc(-c4ccc(N(c5ccc(CO)cc5)c5ccc(-c6ccccc6)cc5)cc4)s3)cc2)cc1. The van der Waals surface area contributed by atoms with Crippen molar-refractivity contribution in [2.45, 2.75) is 13.2 Å². The van der Waals surface area contributed by atoms with Crippen LogP contribution in [-0.4, -0.2) is 10.2 Å². The van der Waals surface area contributed by atoms with Crippen LogP contribution in [0.15, 0.2) is 218 Å². The molecule has 2 N–H and O–H groups in total. The lowest BCUT2D eigenvalue weighted by Crippen LogP contribution is -2.10. The Kier molecular flexibility index (Phi) is 11.0. The number of aliphatic hydroxyl groups is 2. The highest BCUT2D eigenvalue weighted by Gasteiger charge is 2.16. The standard InChI is InChI=1S/C54H42N2O2S/c57-37-39-11-23-47(24-12-39)55(49-27-15-43(16-28-49)41-7-3-1-4-8-41)51-31-19-45(20-32-51)53-35-36-54(59-53)46-21-33-52(34-22-46)56(48-25-13-40(38-58)14-26-48)50-29-17-44(18-30-50)42-9-5-2-6-10-42/h1-36,57-58H,37-38H2. The minimum absolute atomic E-state index is 0.0105. The number of anilines is 6. The molecule has 9 rings (SSSR count). The highest BCUT2D eigenvalue weighted by atomic mass is 32.1. The molecule has 0 saturated heterocycles. The summed E-state index contributed by atoms with van der Waals surface area (Å²) in [5.74, 6) is 0. The second-order valence-corrected chi connectivity index (χ2v) is 15.5. The Morgan fingerprint density at radius 2 is 0.525 bits per heavy atom. The Balaban J connectivity index is 0.974. The van der Waals surface area contributed by atoms with Crippen LogP contribution < -0.4 is 9.80 Å². The van der Waals surface area contributed by atoms with E-state index >= 15 is 0 Å². The van der Waals surface area contributed by atoms with Gasteiger partial charge in [0, 0.05) is 43.9 Å². The van der Waals surface area contributed by atoms with Gasteiger partial charge in [0.25, 0.3) is 0 Å². The first-order valence-corrected chi connectivity index (χ1v) is 20.6. The Morgan fingerprint density at radius 1 is 0.271 bits per heavy atom. The van der Waals surface area contributed by atoms with Crippen LogP contribution in [0.25, 0.3) is 43.1 Å². The van der Waals surface area contributed by atoms with Gasteiger partial charge in [0.05, 0.1) is 13.2 Å². The van der Waals surface area contributed by atoms with Crippen LogP contribution in [-0.2, 0) is 13.2 Å². The van der Waals surface area contributed by atoms with Gasteiger partial charge in [-0.1, -0.05) is 133 Å². The third-order valence-corrected chi connectivity index (χ3v) is 11.8. The molecule has 1 heterocycles. The van der Waals surface area contributed by atoms with E-state index in [0.717, 1.165) is 56.4 Å². The van der Waals surface area contributed by atoms with E-state index in [0.29, 0.717) is 0 Å². The van der Waals surface area contributed by atoms with Crippen LogP contribution in [0.1, 0.15) is 11.1 Å². The van der Waals surface area contributed by atoms with Crippen molar-refractivity contribution in [3.63, 3.8) is 0 Å². The van der Waals surface area contributed by atoms with Crippen molar-refractivity contribution in [2.24, 2.45) is 0 Å². The Labute approximate surface area is 349 Å². The first-order chi connectivity index (χ1) is 29.1. The van der Waals surface area contributed by atoms with E-state index in [9.17, 15) is 10.2 Å². The van der Waals surface area contributed by atoms with Gasteiger partial charge in [-0.05, 0) is 129 Å². The molecule has 0 aliphatic rings. The number of hydrogen-bond donors (Lipinski definition) is 2. The molecule has 0 bridgehead atoms. The molecule has 0 aliphatic heterocycles. The summed E-state index contributed by atoms with van der Waals surface area (Å²) in [6.07, 6.45) is 0. The third-order valence-electron chi connectivity index (χ3n) is 10.6. The van der Waals surface area contributed by atoms with Crippen molar-refractivity contribution < 1.29 is 10.2 Å². The summed E-state index contributed by atoms with van der Waals surface area (Å²) in [7, 11) is 0. The predicted octanol–water partition coefficient (Wildman–Crippen LogP) is 14.3. The molecular formula is C54H42N2O2S. The number of benzene rings is 8. The number of thiophene rings is 1. The normalized spacial score (nSPS) is 11.0. The van der Waals surface area contributed by atoms with E-state index in [1.165, 1.54) is 32.0 Å². The Bertz CT molecular complexity index is 2540. The molecule has 0 spiro atoms. The van der Waals surface area contributed by atoms with E-state index in [1.807, 2.05) is 36.4 Å². The Morgan fingerprint density at radius 3 is 0.814 bits per heavy atom. The zero-order chi connectivity index (χ0) is 40.0. The fourth-order valence-electron chi connectivity index (χ4n) is 7.46. The van der Waals surface area contributed by atoms with E-state index in [2.05, 4.69) is 192 Å². The van der Waals surface area contributed by atoms with Crippen LogP contribution in [0, 0.1) is 0 Å². The molecule has 1 aromatic heterocycles. The first-order valence-electron chi connectivity index (χ1n) is 19.7. The molecule has 9 aromatic rings. The van der Waals surface area contributed by atoms with Gasteiger partial charge in [-0.25, -0.2) is 0 Å². The molecule has 8 aromatic carbocycles.